The molecule has 0 bridgehead atoms. The van der Waals surface area contributed by atoms with Crippen molar-refractivity contribution in [3.63, 3.8) is 0 Å². The van der Waals surface area contributed by atoms with E-state index < -0.39 is 0 Å². The quantitative estimate of drug-likeness (QED) is 0.703. The third kappa shape index (κ3) is 1.87. The Balaban J connectivity index is 2.08. The topological polar surface area (TPSA) is 50.9 Å². The summed E-state index contributed by atoms with van der Waals surface area (Å²) in [5, 5.41) is 3.39. The molecule has 0 aliphatic carbocycles. The fraction of sp³-hybridized carbons (Fsp3) is 0.500. The summed E-state index contributed by atoms with van der Waals surface area (Å²) in [6.45, 7) is 1.09. The van der Waals surface area contributed by atoms with Gasteiger partial charge in [0.05, 0.1) is 11.7 Å². The average Bonchev–Trinajstić information content (AvgIpc) is 2.71. The summed E-state index contributed by atoms with van der Waals surface area (Å²) in [6.07, 6.45) is 4.19. The predicted octanol–water partition coefficient (Wildman–Crippen LogP) is 0.833. The van der Waals surface area contributed by atoms with Crippen molar-refractivity contribution in [2.75, 3.05) is 6.54 Å². The van der Waals surface area contributed by atoms with Crippen LogP contribution in [-0.2, 0) is 0 Å². The Morgan fingerprint density at radius 2 is 2.46 bits per heavy atom. The van der Waals surface area contributed by atoms with Crippen LogP contribution in [-0.4, -0.2) is 17.6 Å². The van der Waals surface area contributed by atoms with Crippen LogP contribution in [0.15, 0.2) is 24.4 Å². The van der Waals surface area contributed by atoms with E-state index in [1.165, 1.54) is 6.42 Å². The molecule has 1 fully saturated rings. The minimum Gasteiger partial charge on any atom is -0.321 e. The maximum absolute atomic E-state index is 6.08. The maximum Gasteiger partial charge on any atom is 0.0625 e. The molecule has 0 aromatic carbocycles. The summed E-state index contributed by atoms with van der Waals surface area (Å²) in [4.78, 5) is 4.26. The molecule has 2 unspecified atom stereocenters. The zero-order chi connectivity index (χ0) is 9.10. The number of rotatable bonds is 2. The van der Waals surface area contributed by atoms with E-state index in [0.717, 1.165) is 18.7 Å². The van der Waals surface area contributed by atoms with Gasteiger partial charge in [-0.1, -0.05) is 6.07 Å². The van der Waals surface area contributed by atoms with Crippen molar-refractivity contribution in [1.82, 2.24) is 10.3 Å². The first-order valence-corrected chi connectivity index (χ1v) is 4.78. The number of nitrogens with one attached hydrogen (secondary N) is 1. The molecule has 13 heavy (non-hydrogen) atoms. The van der Waals surface area contributed by atoms with Gasteiger partial charge in [-0.25, -0.2) is 0 Å². The smallest absolute Gasteiger partial charge is 0.0625 e. The molecule has 0 spiro atoms. The number of hydrogen-bond acceptors (Lipinski definition) is 3. The van der Waals surface area contributed by atoms with Gasteiger partial charge in [-0.05, 0) is 31.5 Å². The first-order valence-electron chi connectivity index (χ1n) is 4.78. The van der Waals surface area contributed by atoms with Crippen molar-refractivity contribution >= 4 is 0 Å². The zero-order valence-electron chi connectivity index (χ0n) is 7.61. The van der Waals surface area contributed by atoms with Gasteiger partial charge < -0.3 is 11.1 Å². The normalized spacial score (nSPS) is 24.5. The van der Waals surface area contributed by atoms with E-state index >= 15 is 0 Å². The van der Waals surface area contributed by atoms with Crippen LogP contribution in [0.2, 0.25) is 0 Å². The molecule has 3 heteroatoms. The van der Waals surface area contributed by atoms with Gasteiger partial charge in [0.2, 0.25) is 0 Å². The number of aromatic nitrogens is 1. The Morgan fingerprint density at radius 3 is 3.08 bits per heavy atom. The molecule has 2 rings (SSSR count). The van der Waals surface area contributed by atoms with E-state index in [2.05, 4.69) is 10.3 Å². The second-order valence-corrected chi connectivity index (χ2v) is 3.48. The lowest BCUT2D eigenvalue weighted by Gasteiger charge is -2.18. The highest BCUT2D eigenvalue weighted by Crippen LogP contribution is 2.18. The van der Waals surface area contributed by atoms with E-state index in [1.54, 1.807) is 6.20 Å². The van der Waals surface area contributed by atoms with Crippen LogP contribution in [0.1, 0.15) is 24.6 Å². The van der Waals surface area contributed by atoms with Crippen molar-refractivity contribution < 1.29 is 0 Å². The highest BCUT2D eigenvalue weighted by atomic mass is 15.0. The average molecular weight is 177 g/mol. The van der Waals surface area contributed by atoms with Crippen molar-refractivity contribution in [2.45, 2.75) is 24.9 Å². The third-order valence-electron chi connectivity index (χ3n) is 2.56. The first kappa shape index (κ1) is 8.66. The van der Waals surface area contributed by atoms with Crippen molar-refractivity contribution in [3.8, 4) is 0 Å². The Hall–Kier alpha value is -0.930. The summed E-state index contributed by atoms with van der Waals surface area (Å²) >= 11 is 0. The summed E-state index contributed by atoms with van der Waals surface area (Å²) in [6, 6.07) is 6.35. The molecule has 2 atom stereocenters. The minimum absolute atomic E-state index is 0.0451. The van der Waals surface area contributed by atoms with E-state index in [1.807, 2.05) is 18.2 Å². The van der Waals surface area contributed by atoms with Crippen molar-refractivity contribution in [3.05, 3.63) is 30.1 Å². The number of pyridine rings is 1. The Labute approximate surface area is 78.4 Å². The minimum atomic E-state index is 0.0451. The molecule has 1 aromatic rings. The fourth-order valence-electron chi connectivity index (χ4n) is 1.80. The van der Waals surface area contributed by atoms with Gasteiger partial charge >= 0.3 is 0 Å². The molecule has 1 aromatic heterocycles. The lowest BCUT2D eigenvalue weighted by atomic mass is 10.0. The summed E-state index contributed by atoms with van der Waals surface area (Å²) in [5.74, 6) is 0. The predicted molar refractivity (Wildman–Crippen MR) is 52.2 cm³/mol. The first-order chi connectivity index (χ1) is 6.38. The molecule has 0 saturated carbocycles. The molecule has 3 N–H and O–H groups in total. The van der Waals surface area contributed by atoms with Crippen LogP contribution in [0.3, 0.4) is 0 Å². The second-order valence-electron chi connectivity index (χ2n) is 3.48. The van der Waals surface area contributed by atoms with E-state index in [0.29, 0.717) is 6.04 Å². The second kappa shape index (κ2) is 3.85. The van der Waals surface area contributed by atoms with Gasteiger partial charge in [-0.3, -0.25) is 4.98 Å². The number of nitrogens with two attached hydrogens (primary N) is 1. The lowest BCUT2D eigenvalue weighted by molar-refractivity contribution is 0.492. The van der Waals surface area contributed by atoms with Crippen LogP contribution in [0.4, 0.5) is 0 Å². The standard InChI is InChI=1S/C10H15N3/c11-10(9-5-3-7-13-9)8-4-1-2-6-12-8/h1-2,4,6,9-10,13H,3,5,7,11H2. The Bertz CT molecular complexity index is 254. The van der Waals surface area contributed by atoms with Crippen molar-refractivity contribution in [2.24, 2.45) is 5.73 Å². The molecule has 3 nitrogen and oxygen atoms in total. The number of nitrogens with zero attached hydrogens (tertiary/aromatic N) is 1. The summed E-state index contributed by atoms with van der Waals surface area (Å²) in [5.41, 5.74) is 7.06. The maximum atomic E-state index is 6.08. The van der Waals surface area contributed by atoms with Gasteiger partial charge in [0, 0.05) is 12.2 Å². The lowest BCUT2D eigenvalue weighted by Crippen LogP contribution is -2.34. The molecule has 1 saturated heterocycles. The van der Waals surface area contributed by atoms with E-state index in [4.69, 9.17) is 5.73 Å². The molecule has 70 valence electrons. The molecule has 2 heterocycles. The molecule has 0 amide bonds. The van der Waals surface area contributed by atoms with Crippen LogP contribution < -0.4 is 11.1 Å². The van der Waals surface area contributed by atoms with Crippen molar-refractivity contribution in [1.29, 1.82) is 0 Å². The van der Waals surface area contributed by atoms with Gasteiger partial charge in [-0.15, -0.1) is 0 Å². The van der Waals surface area contributed by atoms with Crippen LogP contribution in [0, 0.1) is 0 Å². The van der Waals surface area contributed by atoms with Gasteiger partial charge in [0.25, 0.3) is 0 Å². The van der Waals surface area contributed by atoms with Gasteiger partial charge in [0.1, 0.15) is 0 Å². The Kier molecular flexibility index (Phi) is 2.57. The molecular weight excluding hydrogens is 162 g/mol. The third-order valence-corrected chi connectivity index (χ3v) is 2.56. The molecular formula is C10H15N3. The van der Waals surface area contributed by atoms with E-state index in [-0.39, 0.29) is 6.04 Å². The SMILES string of the molecule is NC(c1ccccn1)C1CCCN1. The zero-order valence-corrected chi connectivity index (χ0v) is 7.61. The molecule has 1 aliphatic rings. The summed E-state index contributed by atoms with van der Waals surface area (Å²) < 4.78 is 0. The van der Waals surface area contributed by atoms with Crippen LogP contribution in [0.25, 0.3) is 0 Å². The number of hydrogen-bond donors (Lipinski definition) is 2. The van der Waals surface area contributed by atoms with Crippen LogP contribution in [0.5, 0.6) is 0 Å². The highest BCUT2D eigenvalue weighted by Gasteiger charge is 2.22. The highest BCUT2D eigenvalue weighted by molar-refractivity contribution is 5.11. The van der Waals surface area contributed by atoms with Gasteiger partial charge in [-0.2, -0.15) is 0 Å². The van der Waals surface area contributed by atoms with Crippen LogP contribution >= 0.6 is 0 Å². The molecule has 1 aliphatic heterocycles. The monoisotopic (exact) mass is 177 g/mol. The summed E-state index contributed by atoms with van der Waals surface area (Å²) in [7, 11) is 0. The van der Waals surface area contributed by atoms with Gasteiger partial charge in [0.15, 0.2) is 0 Å². The molecule has 0 radical (unpaired) electrons. The largest absolute Gasteiger partial charge is 0.321 e. The van der Waals surface area contributed by atoms with E-state index in [9.17, 15) is 0 Å². The fourth-order valence-corrected chi connectivity index (χ4v) is 1.80. The Morgan fingerprint density at radius 1 is 1.54 bits per heavy atom.